The van der Waals surface area contributed by atoms with Crippen molar-refractivity contribution in [3.63, 3.8) is 0 Å². The molecular formula is C13H20OSi. The van der Waals surface area contributed by atoms with E-state index in [-0.39, 0.29) is 6.61 Å². The van der Waals surface area contributed by atoms with Crippen LogP contribution in [0, 0.1) is 0 Å². The third kappa shape index (κ3) is 4.02. The Bertz CT molecular complexity index is 346. The highest BCUT2D eigenvalue weighted by Gasteiger charge is 2.18. The van der Waals surface area contributed by atoms with Crippen molar-refractivity contribution >= 4 is 13.3 Å². The molecule has 0 fully saturated rings. The summed E-state index contributed by atoms with van der Waals surface area (Å²) in [7, 11) is -1.79. The molecule has 0 radical (unpaired) electrons. The Balaban J connectivity index is 2.81. The summed E-state index contributed by atoms with van der Waals surface area (Å²) < 4.78 is 8.13. The Morgan fingerprint density at radius 3 is 2.60 bits per heavy atom. The van der Waals surface area contributed by atoms with Crippen LogP contribution in [0.3, 0.4) is 0 Å². The SMILES string of the molecule is [2H]/C(=C\CCCO)[Si](C)(C)c1ccccc1. The number of hydrogen-bond donors (Lipinski definition) is 1. The first kappa shape index (κ1) is 10.6. The van der Waals surface area contributed by atoms with E-state index in [4.69, 9.17) is 6.48 Å². The van der Waals surface area contributed by atoms with Crippen molar-refractivity contribution in [3.8, 4) is 0 Å². The van der Waals surface area contributed by atoms with Gasteiger partial charge in [0.25, 0.3) is 0 Å². The number of unbranched alkanes of at least 4 members (excludes halogenated alkanes) is 1. The van der Waals surface area contributed by atoms with Crippen molar-refractivity contribution < 1.29 is 6.48 Å². The van der Waals surface area contributed by atoms with Crippen LogP contribution in [-0.2, 0) is 0 Å². The summed E-state index contributed by atoms with van der Waals surface area (Å²) in [5, 5.41) is 10.0. The molecule has 0 bridgehead atoms. The number of benzene rings is 1. The first-order valence-electron chi connectivity index (χ1n) is 5.92. The van der Waals surface area contributed by atoms with Crippen LogP contribution in [0.15, 0.2) is 42.1 Å². The molecule has 0 unspecified atom stereocenters. The summed E-state index contributed by atoms with van der Waals surface area (Å²) in [4.78, 5) is 0. The van der Waals surface area contributed by atoms with E-state index in [9.17, 15) is 0 Å². The van der Waals surface area contributed by atoms with Gasteiger partial charge in [-0.15, -0.1) is 0 Å². The standard InChI is InChI=1S/C13H20OSi/c1-15(2,12-8-4-7-11-14)13-9-5-3-6-10-13/h3,5-6,8-10,12,14H,4,7,11H2,1-2H3/b12-8+/i12D. The number of aliphatic hydroxyl groups excluding tert-OH is 1. The molecule has 0 saturated carbocycles. The number of aliphatic hydroxyl groups is 1. The van der Waals surface area contributed by atoms with Crippen molar-refractivity contribution in [3.05, 3.63) is 42.1 Å². The Kier molecular flexibility index (Phi) is 4.18. The lowest BCUT2D eigenvalue weighted by Crippen LogP contribution is -2.39. The van der Waals surface area contributed by atoms with Crippen LogP contribution < -0.4 is 5.19 Å². The summed E-state index contributed by atoms with van der Waals surface area (Å²) >= 11 is 0. The minimum atomic E-state index is -1.79. The summed E-state index contributed by atoms with van der Waals surface area (Å²) in [6, 6.07) is 10.3. The zero-order valence-electron chi connectivity index (χ0n) is 10.5. The maximum Gasteiger partial charge on any atom is 0.103 e. The minimum Gasteiger partial charge on any atom is -0.396 e. The van der Waals surface area contributed by atoms with E-state index in [1.165, 1.54) is 5.19 Å². The molecule has 0 atom stereocenters. The topological polar surface area (TPSA) is 20.2 Å². The van der Waals surface area contributed by atoms with Gasteiger partial charge < -0.3 is 5.11 Å². The van der Waals surface area contributed by atoms with Crippen molar-refractivity contribution in [1.29, 1.82) is 0 Å². The fourth-order valence-electron chi connectivity index (χ4n) is 1.46. The lowest BCUT2D eigenvalue weighted by Gasteiger charge is -2.18. The highest BCUT2D eigenvalue weighted by molar-refractivity contribution is 6.93. The smallest absolute Gasteiger partial charge is 0.103 e. The second-order valence-electron chi connectivity index (χ2n) is 4.21. The first-order chi connectivity index (χ1) is 7.59. The molecular weight excluding hydrogens is 200 g/mol. The molecule has 0 saturated heterocycles. The number of hydrogen-bond acceptors (Lipinski definition) is 1. The van der Waals surface area contributed by atoms with Crippen LogP contribution in [0.1, 0.15) is 14.2 Å². The molecule has 0 aromatic heterocycles. The molecule has 15 heavy (non-hydrogen) atoms. The van der Waals surface area contributed by atoms with E-state index in [1.54, 1.807) is 0 Å². The van der Waals surface area contributed by atoms with Gasteiger partial charge in [-0.3, -0.25) is 0 Å². The molecule has 1 N–H and O–H groups in total. The number of allylic oxidation sites excluding steroid dienone is 1. The molecule has 0 amide bonds. The van der Waals surface area contributed by atoms with Crippen LogP contribution in [0.2, 0.25) is 13.1 Å². The fraction of sp³-hybridized carbons (Fsp3) is 0.385. The molecule has 0 heterocycles. The molecule has 1 rings (SSSR count). The van der Waals surface area contributed by atoms with Gasteiger partial charge in [-0.25, -0.2) is 0 Å². The zero-order valence-corrected chi connectivity index (χ0v) is 10.5. The fourth-order valence-corrected chi connectivity index (χ4v) is 3.31. The van der Waals surface area contributed by atoms with Crippen LogP contribution >= 0.6 is 0 Å². The highest BCUT2D eigenvalue weighted by atomic mass is 28.3. The molecule has 1 aromatic carbocycles. The van der Waals surface area contributed by atoms with Gasteiger partial charge >= 0.3 is 0 Å². The Hall–Kier alpha value is -0.863. The molecule has 1 nitrogen and oxygen atoms in total. The van der Waals surface area contributed by atoms with Gasteiger partial charge in [0.15, 0.2) is 0 Å². The van der Waals surface area contributed by atoms with Crippen LogP contribution in [-0.4, -0.2) is 19.8 Å². The maximum absolute atomic E-state index is 8.72. The van der Waals surface area contributed by atoms with Gasteiger partial charge in [-0.2, -0.15) is 0 Å². The highest BCUT2D eigenvalue weighted by Crippen LogP contribution is 2.06. The largest absolute Gasteiger partial charge is 0.396 e. The molecule has 0 spiro atoms. The second kappa shape index (κ2) is 5.88. The Morgan fingerprint density at radius 2 is 2.00 bits per heavy atom. The van der Waals surface area contributed by atoms with Crippen molar-refractivity contribution in [2.45, 2.75) is 25.9 Å². The van der Waals surface area contributed by atoms with Crippen LogP contribution in [0.5, 0.6) is 0 Å². The normalized spacial score (nSPS) is 13.8. The first-order valence-corrected chi connectivity index (χ1v) is 8.42. The van der Waals surface area contributed by atoms with Crippen molar-refractivity contribution in [1.82, 2.24) is 0 Å². The van der Waals surface area contributed by atoms with Gasteiger partial charge in [-0.1, -0.05) is 60.4 Å². The zero-order chi connectivity index (χ0) is 12.0. The van der Waals surface area contributed by atoms with E-state index in [0.29, 0.717) is 0 Å². The van der Waals surface area contributed by atoms with Gasteiger partial charge in [-0.05, 0) is 12.8 Å². The second-order valence-corrected chi connectivity index (χ2v) is 8.32. The monoisotopic (exact) mass is 221 g/mol. The molecule has 0 aliphatic carbocycles. The summed E-state index contributed by atoms with van der Waals surface area (Å²) in [6.07, 6.45) is 3.52. The van der Waals surface area contributed by atoms with Gasteiger partial charge in [0.1, 0.15) is 8.07 Å². The lowest BCUT2D eigenvalue weighted by atomic mass is 10.3. The van der Waals surface area contributed by atoms with E-state index >= 15 is 0 Å². The Labute approximate surface area is 94.9 Å². The molecule has 2 heteroatoms. The summed E-state index contributed by atoms with van der Waals surface area (Å²) in [5.41, 5.74) is 0.757. The molecule has 82 valence electrons. The van der Waals surface area contributed by atoms with Crippen LogP contribution in [0.25, 0.3) is 0 Å². The van der Waals surface area contributed by atoms with Gasteiger partial charge in [0, 0.05) is 6.61 Å². The van der Waals surface area contributed by atoms with Crippen molar-refractivity contribution in [2.24, 2.45) is 0 Å². The lowest BCUT2D eigenvalue weighted by molar-refractivity contribution is 0.289. The quantitative estimate of drug-likeness (QED) is 0.598. The van der Waals surface area contributed by atoms with E-state index in [1.807, 2.05) is 24.3 Å². The average Bonchev–Trinajstić information content (AvgIpc) is 2.30. The molecule has 0 aliphatic rings. The predicted octanol–water partition coefficient (Wildman–Crippen LogP) is 2.47. The van der Waals surface area contributed by atoms with E-state index in [0.717, 1.165) is 18.5 Å². The third-order valence-corrected chi connectivity index (χ3v) is 5.17. The van der Waals surface area contributed by atoms with Crippen molar-refractivity contribution in [2.75, 3.05) is 6.61 Å². The van der Waals surface area contributed by atoms with Gasteiger partial charge in [0.05, 0.1) is 1.37 Å². The average molecular weight is 221 g/mol. The molecule has 1 aromatic rings. The Morgan fingerprint density at radius 1 is 1.33 bits per heavy atom. The van der Waals surface area contributed by atoms with Gasteiger partial charge in [0.2, 0.25) is 0 Å². The third-order valence-electron chi connectivity index (χ3n) is 2.46. The molecule has 0 aliphatic heterocycles. The predicted molar refractivity (Wildman–Crippen MR) is 69.0 cm³/mol. The number of rotatable bonds is 5. The van der Waals surface area contributed by atoms with E-state index in [2.05, 4.69) is 25.2 Å². The summed E-state index contributed by atoms with van der Waals surface area (Å²) in [6.45, 7) is 4.59. The summed E-state index contributed by atoms with van der Waals surface area (Å²) in [5.74, 6) is 0. The van der Waals surface area contributed by atoms with E-state index < -0.39 is 8.07 Å². The maximum atomic E-state index is 8.72. The minimum absolute atomic E-state index is 0.205. The van der Waals surface area contributed by atoms with Crippen LogP contribution in [0.4, 0.5) is 0 Å².